The Labute approximate surface area is 201 Å². The number of barbiturate groups is 1. The highest BCUT2D eigenvalue weighted by molar-refractivity contribution is 6.39. The number of benzene rings is 2. The van der Waals surface area contributed by atoms with E-state index in [4.69, 9.17) is 9.47 Å². The number of imide groups is 2. The molecule has 1 fully saturated rings. The first-order chi connectivity index (χ1) is 16.6. The third-order valence-electron chi connectivity index (χ3n) is 6.43. The Balaban J connectivity index is 1.56. The Bertz CT molecular complexity index is 1360. The second kappa shape index (κ2) is 7.97. The number of anilines is 2. The first-order valence-corrected chi connectivity index (χ1v) is 11.2. The van der Waals surface area contributed by atoms with Gasteiger partial charge in [-0.25, -0.2) is 14.1 Å². The number of carbonyl (C=O) groups excluding carboxylic acids is 3. The number of fused-ring (bicyclic) bond motifs is 2. The summed E-state index contributed by atoms with van der Waals surface area (Å²) in [5, 5.41) is 2.16. The van der Waals surface area contributed by atoms with E-state index in [-0.39, 0.29) is 29.2 Å². The van der Waals surface area contributed by atoms with Gasteiger partial charge in [-0.3, -0.25) is 14.9 Å². The fourth-order valence-electron chi connectivity index (χ4n) is 4.87. The minimum Gasteiger partial charge on any atom is -0.454 e. The van der Waals surface area contributed by atoms with Crippen LogP contribution in [0.3, 0.4) is 0 Å². The normalized spacial score (nSPS) is 19.6. The first kappa shape index (κ1) is 22.6. The van der Waals surface area contributed by atoms with Gasteiger partial charge in [0.15, 0.2) is 11.5 Å². The maximum absolute atomic E-state index is 15.3. The van der Waals surface area contributed by atoms with E-state index in [1.807, 2.05) is 13.8 Å². The highest BCUT2D eigenvalue weighted by atomic mass is 19.1. The summed E-state index contributed by atoms with van der Waals surface area (Å²) in [4.78, 5) is 41.3. The number of rotatable bonds is 3. The number of amides is 4. The van der Waals surface area contributed by atoms with Gasteiger partial charge in [0.1, 0.15) is 11.4 Å². The summed E-state index contributed by atoms with van der Waals surface area (Å²) in [6.45, 7) is 8.77. The van der Waals surface area contributed by atoms with Crippen molar-refractivity contribution in [2.45, 2.75) is 33.2 Å². The second-order valence-electron chi connectivity index (χ2n) is 9.11. The van der Waals surface area contributed by atoms with Crippen LogP contribution in [-0.2, 0) is 9.59 Å². The van der Waals surface area contributed by atoms with Crippen molar-refractivity contribution in [2.24, 2.45) is 0 Å². The zero-order valence-electron chi connectivity index (χ0n) is 19.8. The first-order valence-electron chi connectivity index (χ1n) is 11.2. The molecule has 2 aromatic rings. The van der Waals surface area contributed by atoms with Crippen molar-refractivity contribution in [3.05, 3.63) is 58.9 Å². The number of nitrogens with zero attached hydrogens (tertiary/aromatic N) is 2. The van der Waals surface area contributed by atoms with Crippen LogP contribution in [-0.4, -0.2) is 36.7 Å². The molecule has 3 aliphatic heterocycles. The van der Waals surface area contributed by atoms with Crippen LogP contribution in [0.15, 0.2) is 42.0 Å². The number of likely N-dealkylation sites (N-methyl/N-ethyl adjacent to an activating group) is 1. The molecule has 1 N–H and O–H groups in total. The summed E-state index contributed by atoms with van der Waals surface area (Å²) in [6, 6.07) is 6.70. The smallest absolute Gasteiger partial charge is 0.335 e. The molecule has 0 radical (unpaired) electrons. The number of allylic oxidation sites excluding steroid dienone is 1. The van der Waals surface area contributed by atoms with Crippen molar-refractivity contribution in [1.82, 2.24) is 5.32 Å². The van der Waals surface area contributed by atoms with Crippen LogP contribution in [0.1, 0.15) is 38.8 Å². The quantitative estimate of drug-likeness (QED) is 0.526. The molecule has 0 aromatic heterocycles. The number of hydrogen-bond acceptors (Lipinski definition) is 6. The van der Waals surface area contributed by atoms with E-state index in [9.17, 15) is 14.4 Å². The molecule has 5 rings (SSSR count). The third-order valence-corrected chi connectivity index (χ3v) is 6.43. The average molecular weight is 477 g/mol. The Morgan fingerprint density at radius 1 is 1.11 bits per heavy atom. The van der Waals surface area contributed by atoms with Gasteiger partial charge in [0.25, 0.3) is 11.8 Å². The Morgan fingerprint density at radius 2 is 1.86 bits per heavy atom. The predicted octanol–water partition coefficient (Wildman–Crippen LogP) is 4.24. The zero-order chi connectivity index (χ0) is 25.1. The number of hydrogen-bond donors (Lipinski definition) is 1. The lowest BCUT2D eigenvalue weighted by molar-refractivity contribution is -0.122. The molecule has 0 saturated carbocycles. The number of halogens is 1. The maximum Gasteiger partial charge on any atom is 0.335 e. The molecule has 4 amide bonds. The molecule has 9 heteroatoms. The fourth-order valence-corrected chi connectivity index (χ4v) is 4.87. The number of urea groups is 1. The van der Waals surface area contributed by atoms with E-state index in [0.717, 1.165) is 21.7 Å². The summed E-state index contributed by atoms with van der Waals surface area (Å²) >= 11 is 0. The van der Waals surface area contributed by atoms with Gasteiger partial charge in [0.05, 0.1) is 11.2 Å². The molecule has 0 bridgehead atoms. The summed E-state index contributed by atoms with van der Waals surface area (Å²) < 4.78 is 25.9. The van der Waals surface area contributed by atoms with E-state index >= 15 is 4.39 Å². The van der Waals surface area contributed by atoms with Gasteiger partial charge in [-0.15, -0.1) is 0 Å². The summed E-state index contributed by atoms with van der Waals surface area (Å²) in [5.41, 5.74) is 2.15. The molecular formula is C26H24FN3O5. The van der Waals surface area contributed by atoms with Crippen LogP contribution in [0.4, 0.5) is 20.6 Å². The van der Waals surface area contributed by atoms with Crippen molar-refractivity contribution < 1.29 is 28.2 Å². The SMILES string of the molecule is CCN1c2cc(F)c(/C=C3/C(=O)NC(=O)N(c4ccc5c(c4)OCO5)C3=O)cc2C(C)=CC1(C)C. The minimum atomic E-state index is -0.901. The standard InChI is InChI=1S/C26H24FN3O5/c1-5-29-20-11-19(27)15(8-17(20)14(2)12-26(29,3)4)9-18-23(31)28-25(33)30(24(18)32)16-6-7-21-22(10-16)35-13-34-21/h6-12H,5,13H2,1-4H3,(H,28,31,33)/b18-9-. The lowest BCUT2D eigenvalue weighted by Crippen LogP contribution is -2.54. The van der Waals surface area contributed by atoms with Crippen molar-refractivity contribution in [3.8, 4) is 11.5 Å². The lowest BCUT2D eigenvalue weighted by atomic mass is 9.87. The molecule has 35 heavy (non-hydrogen) atoms. The van der Waals surface area contributed by atoms with Gasteiger partial charge >= 0.3 is 6.03 Å². The maximum atomic E-state index is 15.3. The molecule has 1 saturated heterocycles. The molecule has 180 valence electrons. The number of ether oxygens (including phenoxy) is 2. The third kappa shape index (κ3) is 3.63. The molecule has 0 spiro atoms. The monoisotopic (exact) mass is 477 g/mol. The van der Waals surface area contributed by atoms with Crippen molar-refractivity contribution in [2.75, 3.05) is 23.1 Å². The van der Waals surface area contributed by atoms with E-state index in [1.165, 1.54) is 24.3 Å². The summed E-state index contributed by atoms with van der Waals surface area (Å²) in [7, 11) is 0. The fraction of sp³-hybridized carbons (Fsp3) is 0.269. The molecule has 0 unspecified atom stereocenters. The highest BCUT2D eigenvalue weighted by Gasteiger charge is 2.38. The number of nitrogens with one attached hydrogen (secondary N) is 1. The van der Waals surface area contributed by atoms with Crippen LogP contribution in [0.5, 0.6) is 11.5 Å². The van der Waals surface area contributed by atoms with E-state index in [2.05, 4.69) is 30.1 Å². The van der Waals surface area contributed by atoms with E-state index in [0.29, 0.717) is 18.0 Å². The number of carbonyl (C=O) groups is 3. The van der Waals surface area contributed by atoms with Crippen LogP contribution in [0.2, 0.25) is 0 Å². The molecule has 0 atom stereocenters. The van der Waals surface area contributed by atoms with Gasteiger partial charge in [-0.2, -0.15) is 0 Å². The molecular weight excluding hydrogens is 453 g/mol. The average Bonchev–Trinajstić information content (AvgIpc) is 3.25. The van der Waals surface area contributed by atoms with Gasteiger partial charge in [-0.1, -0.05) is 6.08 Å². The molecule has 3 aliphatic rings. The topological polar surface area (TPSA) is 88.2 Å². The lowest BCUT2D eigenvalue weighted by Gasteiger charge is -2.43. The molecule has 8 nitrogen and oxygen atoms in total. The molecule has 0 aliphatic carbocycles. The van der Waals surface area contributed by atoms with Crippen molar-refractivity contribution in [1.29, 1.82) is 0 Å². The Morgan fingerprint density at radius 3 is 2.60 bits per heavy atom. The van der Waals surface area contributed by atoms with Crippen LogP contribution in [0, 0.1) is 5.82 Å². The summed E-state index contributed by atoms with van der Waals surface area (Å²) in [6.07, 6.45) is 3.29. The van der Waals surface area contributed by atoms with Gasteiger partial charge < -0.3 is 14.4 Å². The Kier molecular flexibility index (Phi) is 5.16. The van der Waals surface area contributed by atoms with Crippen LogP contribution in [0.25, 0.3) is 11.6 Å². The highest BCUT2D eigenvalue weighted by Crippen LogP contribution is 2.41. The van der Waals surface area contributed by atoms with Gasteiger partial charge in [0.2, 0.25) is 6.79 Å². The zero-order valence-corrected chi connectivity index (χ0v) is 19.8. The Hall–Kier alpha value is -4.14. The van der Waals surface area contributed by atoms with Crippen molar-refractivity contribution >= 4 is 40.9 Å². The molecule has 2 aromatic carbocycles. The molecule has 3 heterocycles. The minimum absolute atomic E-state index is 0.0285. The largest absolute Gasteiger partial charge is 0.454 e. The predicted molar refractivity (Wildman–Crippen MR) is 129 cm³/mol. The van der Waals surface area contributed by atoms with E-state index in [1.54, 1.807) is 12.1 Å². The van der Waals surface area contributed by atoms with Gasteiger partial charge in [0, 0.05) is 29.4 Å². The van der Waals surface area contributed by atoms with Gasteiger partial charge in [-0.05, 0) is 63.6 Å². The second-order valence-corrected chi connectivity index (χ2v) is 9.11. The van der Waals surface area contributed by atoms with E-state index < -0.39 is 23.7 Å². The van der Waals surface area contributed by atoms with Crippen molar-refractivity contribution in [3.63, 3.8) is 0 Å². The van der Waals surface area contributed by atoms with Crippen LogP contribution >= 0.6 is 0 Å². The summed E-state index contributed by atoms with van der Waals surface area (Å²) in [5.74, 6) is -1.48. The van der Waals surface area contributed by atoms with Crippen LogP contribution < -0.4 is 24.6 Å².